The van der Waals surface area contributed by atoms with E-state index in [0.717, 1.165) is 12.8 Å². The molecule has 0 aliphatic carbocycles. The summed E-state index contributed by atoms with van der Waals surface area (Å²) < 4.78 is 27.6. The van der Waals surface area contributed by atoms with Crippen molar-refractivity contribution in [1.29, 1.82) is 0 Å². The van der Waals surface area contributed by atoms with Crippen LogP contribution in [0.5, 0.6) is 0 Å². The minimum Gasteiger partial charge on any atom is -0.481 e. The van der Waals surface area contributed by atoms with Gasteiger partial charge in [-0.15, -0.1) is 0 Å². The van der Waals surface area contributed by atoms with E-state index in [-0.39, 0.29) is 23.4 Å². The van der Waals surface area contributed by atoms with Crippen LogP contribution in [0.25, 0.3) is 0 Å². The third kappa shape index (κ3) is 4.62. The van der Waals surface area contributed by atoms with Crippen LogP contribution in [0, 0.1) is 19.8 Å². The average molecular weight is 382 g/mol. The first-order valence-electron chi connectivity index (χ1n) is 8.74. The lowest BCUT2D eigenvalue weighted by molar-refractivity contribution is -0.136. The number of hydrogen-bond acceptors (Lipinski definition) is 4. The van der Waals surface area contributed by atoms with Crippen molar-refractivity contribution in [3.63, 3.8) is 0 Å². The van der Waals surface area contributed by atoms with E-state index in [4.69, 9.17) is 5.11 Å². The predicted molar refractivity (Wildman–Crippen MR) is 97.7 cm³/mol. The molecule has 1 saturated heterocycles. The summed E-state index contributed by atoms with van der Waals surface area (Å²) in [6, 6.07) is 3.02. The summed E-state index contributed by atoms with van der Waals surface area (Å²) in [6.07, 6.45) is 1.47. The van der Waals surface area contributed by atoms with Crippen LogP contribution in [0.4, 0.5) is 0 Å². The van der Waals surface area contributed by atoms with Crippen LogP contribution < -0.4 is 5.32 Å². The van der Waals surface area contributed by atoms with Crippen molar-refractivity contribution in [2.75, 3.05) is 19.6 Å². The smallest absolute Gasteiger partial charge is 0.305 e. The summed E-state index contributed by atoms with van der Waals surface area (Å²) >= 11 is 0. The van der Waals surface area contributed by atoms with E-state index < -0.39 is 21.9 Å². The van der Waals surface area contributed by atoms with Crippen LogP contribution in [0.15, 0.2) is 17.0 Å². The summed E-state index contributed by atoms with van der Waals surface area (Å²) in [5.41, 5.74) is 1.56. The first-order chi connectivity index (χ1) is 12.1. The molecule has 1 aromatic rings. The molecule has 1 fully saturated rings. The maximum absolute atomic E-state index is 13.1. The maximum Gasteiger partial charge on any atom is 0.305 e. The number of aliphatic carboxylic acids is 1. The first kappa shape index (κ1) is 20.4. The first-order valence-corrected chi connectivity index (χ1v) is 10.2. The topological polar surface area (TPSA) is 104 Å². The number of amides is 1. The molecule has 0 spiro atoms. The Balaban J connectivity index is 2.29. The lowest BCUT2D eigenvalue weighted by atomic mass is 10.0. The van der Waals surface area contributed by atoms with E-state index in [2.05, 4.69) is 12.2 Å². The van der Waals surface area contributed by atoms with E-state index >= 15 is 0 Å². The Morgan fingerprint density at radius 1 is 1.23 bits per heavy atom. The SMILES string of the molecule is Cc1cc(C(=O)NCCC(=O)O)cc(S(=O)(=O)N2CCC(C)CC2)c1C. The van der Waals surface area contributed by atoms with Crippen LogP contribution in [0.2, 0.25) is 0 Å². The Kier molecular flexibility index (Phi) is 6.41. The van der Waals surface area contributed by atoms with Crippen LogP contribution >= 0.6 is 0 Å². The largest absolute Gasteiger partial charge is 0.481 e. The quantitative estimate of drug-likeness (QED) is 0.782. The number of aryl methyl sites for hydroxylation is 1. The summed E-state index contributed by atoms with van der Waals surface area (Å²) in [5, 5.41) is 11.2. The number of nitrogens with one attached hydrogen (secondary N) is 1. The van der Waals surface area contributed by atoms with Gasteiger partial charge in [-0.1, -0.05) is 6.92 Å². The monoisotopic (exact) mass is 382 g/mol. The van der Waals surface area contributed by atoms with Crippen molar-refractivity contribution >= 4 is 21.9 Å². The molecule has 144 valence electrons. The molecule has 8 heteroatoms. The molecule has 1 aliphatic rings. The van der Waals surface area contributed by atoms with Crippen molar-refractivity contribution < 1.29 is 23.1 Å². The second-order valence-electron chi connectivity index (χ2n) is 6.90. The molecule has 0 bridgehead atoms. The number of sulfonamides is 1. The van der Waals surface area contributed by atoms with Gasteiger partial charge in [0.05, 0.1) is 11.3 Å². The molecule has 0 radical (unpaired) electrons. The molecular weight excluding hydrogens is 356 g/mol. The highest BCUT2D eigenvalue weighted by atomic mass is 32.2. The molecule has 1 aliphatic heterocycles. The molecule has 1 amide bonds. The fourth-order valence-electron chi connectivity index (χ4n) is 2.98. The van der Waals surface area contributed by atoms with Gasteiger partial charge in [0.15, 0.2) is 0 Å². The fraction of sp³-hybridized carbons (Fsp3) is 0.556. The molecule has 0 atom stereocenters. The number of piperidine rings is 1. The van der Waals surface area contributed by atoms with Crippen molar-refractivity contribution in [3.8, 4) is 0 Å². The third-order valence-corrected chi connectivity index (χ3v) is 6.89. The molecule has 1 aromatic carbocycles. The second kappa shape index (κ2) is 8.18. The van der Waals surface area contributed by atoms with E-state index in [1.165, 1.54) is 10.4 Å². The zero-order chi connectivity index (χ0) is 19.5. The number of carbonyl (C=O) groups is 2. The molecule has 2 N–H and O–H groups in total. The number of hydrogen-bond donors (Lipinski definition) is 2. The number of carbonyl (C=O) groups excluding carboxylic acids is 1. The second-order valence-corrected chi connectivity index (χ2v) is 8.81. The number of carboxylic acid groups (broad SMARTS) is 1. The zero-order valence-electron chi connectivity index (χ0n) is 15.4. The molecule has 0 aromatic heterocycles. The van der Waals surface area contributed by atoms with Gasteiger partial charge in [0.2, 0.25) is 10.0 Å². The summed E-state index contributed by atoms with van der Waals surface area (Å²) in [6.45, 7) is 6.57. The fourth-order valence-corrected chi connectivity index (χ4v) is 4.77. The van der Waals surface area contributed by atoms with Crippen LogP contribution in [0.3, 0.4) is 0 Å². The number of rotatable bonds is 6. The lowest BCUT2D eigenvalue weighted by Crippen LogP contribution is -2.38. The maximum atomic E-state index is 13.1. The Bertz CT molecular complexity index is 796. The molecule has 1 heterocycles. The van der Waals surface area contributed by atoms with Crippen LogP contribution in [-0.2, 0) is 14.8 Å². The highest BCUT2D eigenvalue weighted by molar-refractivity contribution is 7.89. The Labute approximate surface area is 154 Å². The van der Waals surface area contributed by atoms with Gasteiger partial charge in [-0.3, -0.25) is 9.59 Å². The summed E-state index contributed by atoms with van der Waals surface area (Å²) in [4.78, 5) is 23.0. The number of nitrogens with zero attached hydrogens (tertiary/aromatic N) is 1. The van der Waals surface area contributed by atoms with E-state index in [1.54, 1.807) is 19.9 Å². The molecule has 7 nitrogen and oxygen atoms in total. The highest BCUT2D eigenvalue weighted by Crippen LogP contribution is 2.28. The minimum absolute atomic E-state index is 0.00676. The van der Waals surface area contributed by atoms with Crippen molar-refractivity contribution in [3.05, 3.63) is 28.8 Å². The van der Waals surface area contributed by atoms with Gasteiger partial charge >= 0.3 is 5.97 Å². The molecule has 2 rings (SSSR count). The van der Waals surface area contributed by atoms with Gasteiger partial charge < -0.3 is 10.4 Å². The van der Waals surface area contributed by atoms with Crippen LogP contribution in [-0.4, -0.2) is 49.3 Å². The standard InChI is InChI=1S/C18H26N2O5S/c1-12-5-8-20(9-6-12)26(24,25)16-11-15(10-13(2)14(16)3)18(23)19-7-4-17(21)22/h10-12H,4-9H2,1-3H3,(H,19,23)(H,21,22). The Morgan fingerprint density at radius 2 is 1.85 bits per heavy atom. The summed E-state index contributed by atoms with van der Waals surface area (Å²) in [7, 11) is -3.67. The van der Waals surface area contributed by atoms with Gasteiger partial charge in [-0.2, -0.15) is 4.31 Å². The summed E-state index contributed by atoms with van der Waals surface area (Å²) in [5.74, 6) is -0.971. The van der Waals surface area contributed by atoms with E-state index in [0.29, 0.717) is 30.1 Å². The molecular formula is C18H26N2O5S. The lowest BCUT2D eigenvalue weighted by Gasteiger charge is -2.30. The van der Waals surface area contributed by atoms with Crippen molar-refractivity contribution in [2.24, 2.45) is 5.92 Å². The Hall–Kier alpha value is -1.93. The number of benzene rings is 1. The average Bonchev–Trinajstić information content (AvgIpc) is 2.56. The highest BCUT2D eigenvalue weighted by Gasteiger charge is 2.30. The van der Waals surface area contributed by atoms with Gasteiger partial charge in [-0.05, 0) is 55.9 Å². The van der Waals surface area contributed by atoms with E-state index in [9.17, 15) is 18.0 Å². The normalized spacial score (nSPS) is 16.4. The Morgan fingerprint density at radius 3 is 2.42 bits per heavy atom. The minimum atomic E-state index is -3.67. The third-order valence-electron chi connectivity index (χ3n) is 4.87. The predicted octanol–water partition coefficient (Wildman–Crippen LogP) is 1.93. The molecule has 26 heavy (non-hydrogen) atoms. The van der Waals surface area contributed by atoms with Crippen molar-refractivity contribution in [2.45, 2.75) is 44.9 Å². The van der Waals surface area contributed by atoms with Crippen LogP contribution in [0.1, 0.15) is 47.7 Å². The molecule has 0 saturated carbocycles. The number of carboxylic acids is 1. The van der Waals surface area contributed by atoms with Gasteiger partial charge in [-0.25, -0.2) is 8.42 Å². The van der Waals surface area contributed by atoms with Gasteiger partial charge in [0.25, 0.3) is 5.91 Å². The van der Waals surface area contributed by atoms with Gasteiger partial charge in [0.1, 0.15) is 0 Å². The zero-order valence-corrected chi connectivity index (χ0v) is 16.2. The van der Waals surface area contributed by atoms with E-state index in [1.807, 2.05) is 0 Å². The molecule has 0 unspecified atom stereocenters. The van der Waals surface area contributed by atoms with Crippen molar-refractivity contribution in [1.82, 2.24) is 9.62 Å². The van der Waals surface area contributed by atoms with Gasteiger partial charge in [0, 0.05) is 25.2 Å².